The molecule has 1 N–H and O–H groups in total. The van der Waals surface area contributed by atoms with E-state index in [1.807, 2.05) is 13.8 Å². The van der Waals surface area contributed by atoms with Crippen LogP contribution in [0.2, 0.25) is 0 Å². The summed E-state index contributed by atoms with van der Waals surface area (Å²) in [4.78, 5) is 17.5. The molecule has 7 nitrogen and oxygen atoms in total. The van der Waals surface area contributed by atoms with Gasteiger partial charge in [0.2, 0.25) is 0 Å². The second kappa shape index (κ2) is 9.77. The summed E-state index contributed by atoms with van der Waals surface area (Å²) in [5.41, 5.74) is 1.89. The molecule has 1 amide bonds. The Kier molecular flexibility index (Phi) is 7.10. The van der Waals surface area contributed by atoms with Crippen molar-refractivity contribution < 1.29 is 31.5 Å². The summed E-state index contributed by atoms with van der Waals surface area (Å²) in [5.74, 6) is 1.58. The third kappa shape index (κ3) is 6.13. The smallest absolute Gasteiger partial charge is 0.0131 e. The third-order valence-corrected chi connectivity index (χ3v) is 7.57. The van der Waals surface area contributed by atoms with E-state index in [0.717, 1.165) is 5.57 Å². The molecule has 0 bridgehead atoms. The predicted octanol–water partition coefficient (Wildman–Crippen LogP) is 4.80. The largest absolute Gasteiger partial charge is 0.0246 e. The van der Waals surface area contributed by atoms with Crippen molar-refractivity contribution in [3.63, 3.8) is 0 Å². The molecule has 1 aliphatic heterocycles. The van der Waals surface area contributed by atoms with Crippen LogP contribution in [0.3, 0.4) is 0 Å². The number of pyridine rings is 1. The van der Waals surface area contributed by atoms with Gasteiger partial charge in [-0.2, -0.15) is 13.2 Å². The first-order chi connectivity index (χ1) is 16.4. The number of fused-ring (bicyclic) bond motifs is 1. The van der Waals surface area contributed by atoms with Crippen LogP contribution in [0.25, 0.3) is 5.65 Å². The molecule has 0 saturated carbocycles. The summed E-state index contributed by atoms with van der Waals surface area (Å²) in [6.07, 6.45) is 1.10. The number of hydrogen-bond acceptors (Lipinski definition) is 5. The molecular weight excluding hydrogens is 483 g/mol. The van der Waals surface area contributed by atoms with E-state index in [1.54, 1.807) is 35.7 Å². The molecule has 0 atom stereocenters. The van der Waals surface area contributed by atoms with Gasteiger partial charge in [0.1, 0.15) is 5.76 Å². The zero-order valence-electron chi connectivity index (χ0n) is 19.8. The predicted molar refractivity (Wildman–Crippen MR) is 125 cm³/mol. The second-order valence-electron chi connectivity index (χ2n) is 9.29. The van der Waals surface area contributed by atoms with Crippen molar-refractivity contribution in [3.8, 4) is 5.75 Å². The molecular formula is C24H28F3N3O4S. The molecule has 2 aliphatic rings. The first-order valence-corrected chi connectivity index (χ1v) is 12.9. The van der Waals surface area contributed by atoms with E-state index in [4.69, 9.17) is 9.47 Å². The maximum absolute atomic E-state index is 13.0. The monoisotopic (exact) mass is 511 g/mol. The van der Waals surface area contributed by atoms with Crippen LogP contribution in [0.15, 0.2) is 41.5 Å². The van der Waals surface area contributed by atoms with E-state index in [2.05, 4.69) is 10.3 Å². The average Bonchev–Trinajstić information content (AvgIpc) is 3.12. The van der Waals surface area contributed by atoms with Crippen molar-refractivity contribution in [2.45, 2.75) is 58.2 Å². The molecule has 0 spiro atoms. The van der Waals surface area contributed by atoms with Crippen LogP contribution in [0.5, 0.6) is 5.75 Å². The number of aromatic nitrogens is 2. The van der Waals surface area contributed by atoms with Crippen LogP contribution in [0.4, 0.5) is 13.2 Å². The molecule has 35 heavy (non-hydrogen) atoms. The van der Waals surface area contributed by atoms with Gasteiger partial charge in [0.25, 0.3) is 0 Å². The standard InChI is InChI=1S/C24H28F3N3O4S/c1-15-4-6-18(19(12-15)33-14-24(25,26)27)34-17-5-7-20-28-21(16(2)30(20)13-17)22(31)29-23(3)8-10-35(32)11-9-23/h5,7,12-13H,4,6,8-11,14H2,1-3H3,(H,29,31). The fraction of sp³-hybridized carbons (Fsp3) is 0.500. The average molecular weight is 512 g/mol. The summed E-state index contributed by atoms with van der Waals surface area (Å²) in [7, 11) is -0.837. The molecule has 1 saturated heterocycles. The summed E-state index contributed by atoms with van der Waals surface area (Å²) in [5, 5.41) is 3.05. The Hall–Kier alpha value is -2.66. The third-order valence-electron chi connectivity index (χ3n) is 6.25. The summed E-state index contributed by atoms with van der Waals surface area (Å²) in [6, 6.07) is 3.34. The van der Waals surface area contributed by atoms with Crippen molar-refractivity contribution >= 4 is 22.2 Å². The fourth-order valence-corrected chi connectivity index (χ4v) is 5.68. The summed E-state index contributed by atoms with van der Waals surface area (Å²) in [6.45, 7) is 4.14. The molecule has 11 heteroatoms. The Balaban J connectivity index is 1.55. The van der Waals surface area contributed by atoms with Crippen LogP contribution < -0.4 is 10.1 Å². The summed E-state index contributed by atoms with van der Waals surface area (Å²) >= 11 is 0. The van der Waals surface area contributed by atoms with Crippen molar-refractivity contribution in [1.29, 1.82) is 0 Å². The van der Waals surface area contributed by atoms with Crippen LogP contribution >= 0.6 is 0 Å². The Morgan fingerprint density at radius 2 is 1.97 bits per heavy atom. The van der Waals surface area contributed by atoms with Crippen LogP contribution in [-0.2, 0) is 19.4 Å². The minimum atomic E-state index is -4.45. The van der Waals surface area contributed by atoms with E-state index in [0.29, 0.717) is 60.0 Å². The second-order valence-corrected chi connectivity index (χ2v) is 11.0. The number of carbonyl (C=O) groups is 1. The van der Waals surface area contributed by atoms with Gasteiger partial charge in [-0.15, -0.1) is 0 Å². The fourth-order valence-electron chi connectivity index (χ4n) is 4.12. The molecule has 1 aliphatic carbocycles. The number of carbonyl (C=O) groups excluding carboxylic acids is 1. The van der Waals surface area contributed by atoms with Gasteiger partial charge >= 0.3 is 136 Å². The topological polar surface area (TPSA) is 84.8 Å². The first-order valence-electron chi connectivity index (χ1n) is 11.4. The number of imidazole rings is 1. The number of alkyl halides is 3. The van der Waals surface area contributed by atoms with Gasteiger partial charge < -0.3 is 4.74 Å². The number of aryl methyl sites for hydroxylation is 1. The van der Waals surface area contributed by atoms with Gasteiger partial charge in [0, 0.05) is 6.42 Å². The molecule has 1 fully saturated rings. The molecule has 190 valence electrons. The van der Waals surface area contributed by atoms with Crippen molar-refractivity contribution in [1.82, 2.24) is 14.7 Å². The van der Waals surface area contributed by atoms with Gasteiger partial charge in [-0.05, 0) is 19.4 Å². The number of halogens is 3. The molecule has 0 aromatic carbocycles. The zero-order chi connectivity index (χ0) is 25.4. The number of allylic oxidation sites excluding steroid dienone is 3. The maximum atomic E-state index is 13.0. The van der Waals surface area contributed by atoms with Crippen molar-refractivity contribution in [2.75, 3.05) is 18.1 Å². The van der Waals surface area contributed by atoms with Gasteiger partial charge in [0.15, 0.2) is 12.4 Å². The Morgan fingerprint density at radius 1 is 1.26 bits per heavy atom. The van der Waals surface area contributed by atoms with Gasteiger partial charge in [-0.25, -0.2) is 0 Å². The quantitative estimate of drug-likeness (QED) is 0.446. The number of nitrogens with zero attached hydrogens (tertiary/aromatic N) is 2. The van der Waals surface area contributed by atoms with Crippen molar-refractivity contribution in [3.05, 3.63) is 52.9 Å². The molecule has 4 rings (SSSR count). The van der Waals surface area contributed by atoms with Gasteiger partial charge in [-0.1, -0.05) is 5.57 Å². The molecule has 2 aromatic rings. The number of amides is 1. The first kappa shape index (κ1) is 25.4. The number of nitrogens with one attached hydrogen (secondary N) is 1. The Morgan fingerprint density at radius 3 is 2.66 bits per heavy atom. The Labute approximate surface area is 203 Å². The molecule has 3 heterocycles. The van der Waals surface area contributed by atoms with Crippen molar-refractivity contribution in [2.24, 2.45) is 0 Å². The Bertz CT molecular complexity index is 1270. The maximum Gasteiger partial charge on any atom is 0.0131 e. The molecule has 2 aromatic heterocycles. The zero-order valence-corrected chi connectivity index (χ0v) is 20.6. The minimum absolute atomic E-state index is 0.0650. The molecule has 0 unspecified atom stereocenters. The van der Waals surface area contributed by atoms with E-state index >= 15 is 0 Å². The van der Waals surface area contributed by atoms with Crippen LogP contribution in [0.1, 0.15) is 55.7 Å². The normalized spacial score (nSPS) is 18.9. The van der Waals surface area contributed by atoms with Gasteiger partial charge in [-0.3, -0.25) is 0 Å². The number of rotatable bonds is 6. The van der Waals surface area contributed by atoms with E-state index in [9.17, 15) is 22.0 Å². The van der Waals surface area contributed by atoms with Crippen LogP contribution in [-0.4, -0.2) is 45.1 Å². The number of hydrogen-bond donors (Lipinski definition) is 1. The van der Waals surface area contributed by atoms with E-state index in [-0.39, 0.29) is 17.4 Å². The minimum Gasteiger partial charge on any atom is -0.0246 e. The van der Waals surface area contributed by atoms with Crippen LogP contribution in [0, 0.1) is 6.92 Å². The number of ether oxygens (including phenoxy) is 2. The van der Waals surface area contributed by atoms with Gasteiger partial charge in [0.05, 0.1) is 0 Å². The molecule has 0 radical (unpaired) electrons. The van der Waals surface area contributed by atoms with E-state index in [1.165, 1.54) is 0 Å². The SMILES string of the molecule is CC1=CC(OCC(F)(F)F)=C(Oc2ccc3nc(C(=O)NC4(C)CC[S-](#[O+])CC4)c(C)n3c2)CC1. The summed E-state index contributed by atoms with van der Waals surface area (Å²) < 4.78 is 62.3. The van der Waals surface area contributed by atoms with E-state index < -0.39 is 29.0 Å².